The Bertz CT molecular complexity index is 1260. The minimum atomic E-state index is 0.112. The van der Waals surface area contributed by atoms with Gasteiger partial charge < -0.3 is 4.74 Å². The van der Waals surface area contributed by atoms with Crippen molar-refractivity contribution in [1.82, 2.24) is 9.97 Å². The third-order valence-electron chi connectivity index (χ3n) is 5.69. The molecule has 0 bridgehead atoms. The van der Waals surface area contributed by atoms with Crippen LogP contribution in [-0.2, 0) is 24.0 Å². The van der Waals surface area contributed by atoms with Crippen LogP contribution in [0.4, 0.5) is 0 Å². The fraction of sp³-hybridized carbons (Fsp3) is 0.308. The van der Waals surface area contributed by atoms with Gasteiger partial charge >= 0.3 is 0 Å². The molecule has 0 saturated carbocycles. The Kier molecular flexibility index (Phi) is 5.91. The molecule has 32 heavy (non-hydrogen) atoms. The number of rotatable bonds is 5. The Morgan fingerprint density at radius 2 is 1.75 bits per heavy atom. The van der Waals surface area contributed by atoms with Crippen LogP contribution in [0.15, 0.2) is 53.4 Å². The van der Waals surface area contributed by atoms with E-state index in [1.807, 2.05) is 36.4 Å². The number of fused-ring (bicyclic) bond motifs is 3. The van der Waals surface area contributed by atoms with Crippen molar-refractivity contribution < 1.29 is 4.74 Å². The first-order valence-corrected chi connectivity index (χ1v) is 13.0. The lowest BCUT2D eigenvalue weighted by molar-refractivity contribution is 0.465. The number of halogens is 1. The van der Waals surface area contributed by atoms with E-state index in [0.717, 1.165) is 44.6 Å². The maximum Gasteiger partial charge on any atom is 0.231 e. The molecule has 0 spiro atoms. The number of hydrogen-bond acceptors (Lipinski definition) is 5. The van der Waals surface area contributed by atoms with Crippen LogP contribution in [0.2, 0.25) is 5.02 Å². The lowest BCUT2D eigenvalue weighted by Gasteiger charge is -2.19. The molecule has 1 aliphatic rings. The Hall–Kier alpha value is -2.08. The predicted octanol–water partition coefficient (Wildman–Crippen LogP) is 8.22. The highest BCUT2D eigenvalue weighted by Gasteiger charge is 2.24. The molecular formula is C26H25ClN2OS2. The molecule has 0 saturated heterocycles. The Balaban J connectivity index is 1.47. The SMILES string of the molecule is CC(C)(C)c1ccc(Oc2nc(CSc3ccc(Cl)cc3)nc3sc4c(c23)CCC4)cc1. The summed E-state index contributed by atoms with van der Waals surface area (Å²) in [7, 11) is 0. The van der Waals surface area contributed by atoms with E-state index >= 15 is 0 Å². The van der Waals surface area contributed by atoms with Gasteiger partial charge in [-0.15, -0.1) is 23.1 Å². The smallest absolute Gasteiger partial charge is 0.231 e. The van der Waals surface area contributed by atoms with E-state index in [0.29, 0.717) is 11.6 Å². The second-order valence-corrected chi connectivity index (χ2v) is 11.7. The summed E-state index contributed by atoms with van der Waals surface area (Å²) in [6, 6.07) is 16.2. The van der Waals surface area contributed by atoms with Crippen molar-refractivity contribution in [2.75, 3.05) is 0 Å². The second kappa shape index (κ2) is 8.69. The minimum absolute atomic E-state index is 0.112. The van der Waals surface area contributed by atoms with Crippen LogP contribution in [0.25, 0.3) is 10.2 Å². The molecule has 164 valence electrons. The van der Waals surface area contributed by atoms with E-state index in [1.54, 1.807) is 23.1 Å². The molecule has 4 aromatic rings. The molecule has 0 N–H and O–H groups in total. The molecule has 3 nitrogen and oxygen atoms in total. The van der Waals surface area contributed by atoms with Gasteiger partial charge in [0.2, 0.25) is 5.88 Å². The highest BCUT2D eigenvalue weighted by Crippen LogP contribution is 2.42. The van der Waals surface area contributed by atoms with Crippen LogP contribution >= 0.6 is 34.7 Å². The zero-order valence-electron chi connectivity index (χ0n) is 18.4. The van der Waals surface area contributed by atoms with Crippen molar-refractivity contribution in [1.29, 1.82) is 0 Å². The lowest BCUT2D eigenvalue weighted by Crippen LogP contribution is -2.10. The molecular weight excluding hydrogens is 456 g/mol. The predicted molar refractivity (Wildman–Crippen MR) is 136 cm³/mol. The quantitative estimate of drug-likeness (QED) is 0.269. The van der Waals surface area contributed by atoms with Gasteiger partial charge in [0, 0.05) is 14.8 Å². The van der Waals surface area contributed by atoms with Crippen LogP contribution in [0.5, 0.6) is 11.6 Å². The summed E-state index contributed by atoms with van der Waals surface area (Å²) in [5, 5.41) is 1.84. The summed E-state index contributed by atoms with van der Waals surface area (Å²) in [4.78, 5) is 13.4. The maximum atomic E-state index is 6.38. The molecule has 2 heterocycles. The maximum absolute atomic E-state index is 6.38. The number of benzene rings is 2. The summed E-state index contributed by atoms with van der Waals surface area (Å²) >= 11 is 9.52. The average molecular weight is 481 g/mol. The van der Waals surface area contributed by atoms with Gasteiger partial charge in [0.05, 0.1) is 11.1 Å². The standard InChI is InChI=1S/C26H25ClN2OS2/c1-26(2,3)16-7-11-18(12-8-16)30-24-23-20-5-4-6-21(20)32-25(23)29-22(28-24)15-31-19-13-9-17(27)10-14-19/h7-14H,4-6,15H2,1-3H3. The van der Waals surface area contributed by atoms with Crippen LogP contribution in [0, 0.1) is 0 Å². The monoisotopic (exact) mass is 480 g/mol. The van der Waals surface area contributed by atoms with Crippen molar-refractivity contribution in [2.45, 2.75) is 56.1 Å². The topological polar surface area (TPSA) is 35.0 Å². The van der Waals surface area contributed by atoms with E-state index in [1.165, 1.54) is 22.4 Å². The van der Waals surface area contributed by atoms with Crippen molar-refractivity contribution in [3.8, 4) is 11.6 Å². The summed E-state index contributed by atoms with van der Waals surface area (Å²) in [6.45, 7) is 6.66. The van der Waals surface area contributed by atoms with Crippen LogP contribution < -0.4 is 4.74 Å². The van der Waals surface area contributed by atoms with Gasteiger partial charge in [0.15, 0.2) is 0 Å². The highest BCUT2D eigenvalue weighted by molar-refractivity contribution is 7.98. The fourth-order valence-corrected chi connectivity index (χ4v) is 6.11. The molecule has 1 aliphatic carbocycles. The normalized spacial score (nSPS) is 13.5. The number of aromatic nitrogens is 2. The second-order valence-electron chi connectivity index (χ2n) is 9.10. The van der Waals surface area contributed by atoms with Crippen LogP contribution in [-0.4, -0.2) is 9.97 Å². The van der Waals surface area contributed by atoms with E-state index in [4.69, 9.17) is 26.3 Å². The molecule has 6 heteroatoms. The van der Waals surface area contributed by atoms with Crippen molar-refractivity contribution in [3.05, 3.63) is 75.4 Å². The first-order valence-electron chi connectivity index (χ1n) is 10.8. The van der Waals surface area contributed by atoms with E-state index in [9.17, 15) is 0 Å². The van der Waals surface area contributed by atoms with Gasteiger partial charge in [-0.3, -0.25) is 0 Å². The minimum Gasteiger partial charge on any atom is -0.438 e. The zero-order chi connectivity index (χ0) is 22.3. The molecule has 2 aromatic heterocycles. The number of ether oxygens (including phenoxy) is 1. The summed E-state index contributed by atoms with van der Waals surface area (Å²) < 4.78 is 6.38. The van der Waals surface area contributed by atoms with Gasteiger partial charge in [-0.2, -0.15) is 4.98 Å². The fourth-order valence-electron chi connectivity index (χ4n) is 3.96. The van der Waals surface area contributed by atoms with Crippen molar-refractivity contribution >= 4 is 44.9 Å². The third-order valence-corrected chi connectivity index (χ3v) is 8.14. The number of nitrogens with zero attached hydrogens (tertiary/aromatic N) is 2. The van der Waals surface area contributed by atoms with Crippen LogP contribution in [0.3, 0.4) is 0 Å². The molecule has 0 unspecified atom stereocenters. The van der Waals surface area contributed by atoms with E-state index in [-0.39, 0.29) is 5.41 Å². The van der Waals surface area contributed by atoms with Gasteiger partial charge in [0.25, 0.3) is 0 Å². The van der Waals surface area contributed by atoms with E-state index < -0.39 is 0 Å². The van der Waals surface area contributed by atoms with Crippen molar-refractivity contribution in [2.24, 2.45) is 0 Å². The lowest BCUT2D eigenvalue weighted by atomic mass is 9.87. The number of thioether (sulfide) groups is 1. The summed E-state index contributed by atoms with van der Waals surface area (Å²) in [5.74, 6) is 2.97. The summed E-state index contributed by atoms with van der Waals surface area (Å²) in [6.07, 6.45) is 3.41. The van der Waals surface area contributed by atoms with E-state index in [2.05, 4.69) is 32.9 Å². The summed E-state index contributed by atoms with van der Waals surface area (Å²) in [5.41, 5.74) is 2.78. The number of aryl methyl sites for hydroxylation is 2. The Morgan fingerprint density at radius 3 is 2.47 bits per heavy atom. The van der Waals surface area contributed by atoms with Gasteiger partial charge in [-0.25, -0.2) is 4.98 Å². The molecule has 2 aromatic carbocycles. The van der Waals surface area contributed by atoms with Gasteiger partial charge in [-0.1, -0.05) is 44.5 Å². The molecule has 0 aliphatic heterocycles. The number of thiophene rings is 1. The first-order chi connectivity index (χ1) is 15.4. The molecule has 0 atom stereocenters. The molecule has 0 radical (unpaired) electrons. The molecule has 0 fully saturated rings. The Labute approximate surface area is 202 Å². The van der Waals surface area contributed by atoms with Gasteiger partial charge in [0.1, 0.15) is 16.4 Å². The zero-order valence-corrected chi connectivity index (χ0v) is 20.8. The largest absolute Gasteiger partial charge is 0.438 e. The van der Waals surface area contributed by atoms with Crippen molar-refractivity contribution in [3.63, 3.8) is 0 Å². The van der Waals surface area contributed by atoms with Gasteiger partial charge in [-0.05, 0) is 72.2 Å². The first kappa shape index (κ1) is 21.7. The number of hydrogen-bond donors (Lipinski definition) is 0. The third kappa shape index (κ3) is 4.52. The molecule has 5 rings (SSSR count). The van der Waals surface area contributed by atoms with Crippen LogP contribution in [0.1, 0.15) is 49.0 Å². The highest BCUT2D eigenvalue weighted by atomic mass is 35.5. The Morgan fingerprint density at radius 1 is 1.00 bits per heavy atom. The molecule has 0 amide bonds. The average Bonchev–Trinajstić information content (AvgIpc) is 3.34.